The Morgan fingerprint density at radius 2 is 2.08 bits per heavy atom. The van der Waals surface area contributed by atoms with Crippen LogP contribution in [0.1, 0.15) is 19.8 Å². The van der Waals surface area contributed by atoms with Crippen LogP contribution in [0, 0.1) is 5.92 Å². The van der Waals surface area contributed by atoms with Crippen molar-refractivity contribution < 1.29 is 19.0 Å². The number of rotatable bonds is 8. The minimum absolute atomic E-state index is 0.172. The van der Waals surface area contributed by atoms with E-state index in [0.29, 0.717) is 29.2 Å². The molecule has 1 N–H and O–H groups in total. The number of anilines is 1. The molecule has 1 saturated carbocycles. The van der Waals surface area contributed by atoms with Crippen LogP contribution in [0.25, 0.3) is 11.3 Å². The van der Waals surface area contributed by atoms with E-state index in [1.54, 1.807) is 21.1 Å². The molecule has 1 amide bonds. The number of hydrogen-bond donors (Lipinski definition) is 1. The van der Waals surface area contributed by atoms with Crippen LogP contribution in [0.4, 0.5) is 5.13 Å². The molecule has 0 bridgehead atoms. The Balaban J connectivity index is 1.64. The lowest BCUT2D eigenvalue weighted by Crippen LogP contribution is -2.28. The Labute approximate surface area is 151 Å². The smallest absolute Gasteiger partial charge is 0.254 e. The van der Waals surface area contributed by atoms with Crippen molar-refractivity contribution in [3.63, 3.8) is 0 Å². The maximum Gasteiger partial charge on any atom is 0.254 e. The van der Waals surface area contributed by atoms with Gasteiger partial charge in [0, 0.05) is 10.9 Å². The predicted octanol–water partition coefficient (Wildman–Crippen LogP) is 3.58. The number of carbonyl (C=O) groups excluding carboxylic acids is 1. The number of benzene rings is 1. The lowest BCUT2D eigenvalue weighted by atomic mass is 10.1. The Morgan fingerprint density at radius 3 is 2.76 bits per heavy atom. The minimum atomic E-state index is -0.478. The number of ether oxygens (including phenoxy) is 3. The fourth-order valence-electron chi connectivity index (χ4n) is 2.31. The quantitative estimate of drug-likeness (QED) is 0.777. The molecule has 6 nitrogen and oxygen atoms in total. The van der Waals surface area contributed by atoms with Gasteiger partial charge in [-0.3, -0.25) is 10.1 Å². The second-order valence-corrected chi connectivity index (χ2v) is 6.87. The molecule has 3 rings (SSSR count). The van der Waals surface area contributed by atoms with Crippen molar-refractivity contribution in [2.45, 2.75) is 25.9 Å². The molecule has 1 aromatic carbocycles. The van der Waals surface area contributed by atoms with Gasteiger partial charge in [0.05, 0.1) is 26.5 Å². The number of nitrogens with one attached hydrogen (secondary N) is 1. The summed E-state index contributed by atoms with van der Waals surface area (Å²) in [6.07, 6.45) is 1.93. The molecule has 1 aromatic heterocycles. The van der Waals surface area contributed by atoms with E-state index in [1.807, 2.05) is 23.6 Å². The third-order valence-electron chi connectivity index (χ3n) is 4.06. The summed E-state index contributed by atoms with van der Waals surface area (Å²) in [5, 5.41) is 5.26. The van der Waals surface area contributed by atoms with E-state index in [9.17, 15) is 4.79 Å². The predicted molar refractivity (Wildman–Crippen MR) is 97.4 cm³/mol. The summed E-state index contributed by atoms with van der Waals surface area (Å²) in [5.41, 5.74) is 1.67. The lowest BCUT2D eigenvalue weighted by molar-refractivity contribution is -0.126. The van der Waals surface area contributed by atoms with Crippen LogP contribution in [0.15, 0.2) is 23.6 Å². The van der Waals surface area contributed by atoms with E-state index >= 15 is 0 Å². The summed E-state index contributed by atoms with van der Waals surface area (Å²) in [6, 6.07) is 5.60. The van der Waals surface area contributed by atoms with Gasteiger partial charge in [0.2, 0.25) is 0 Å². The molecule has 1 atom stereocenters. The van der Waals surface area contributed by atoms with Crippen molar-refractivity contribution in [2.75, 3.05) is 26.1 Å². The highest BCUT2D eigenvalue weighted by atomic mass is 32.1. The summed E-state index contributed by atoms with van der Waals surface area (Å²) < 4.78 is 16.1. The Morgan fingerprint density at radius 1 is 1.32 bits per heavy atom. The van der Waals surface area contributed by atoms with E-state index in [-0.39, 0.29) is 5.91 Å². The van der Waals surface area contributed by atoms with Gasteiger partial charge in [-0.2, -0.15) is 0 Å². The molecule has 25 heavy (non-hydrogen) atoms. The van der Waals surface area contributed by atoms with Crippen LogP contribution >= 0.6 is 11.3 Å². The van der Waals surface area contributed by atoms with Crippen LogP contribution in [0.5, 0.6) is 11.5 Å². The first-order chi connectivity index (χ1) is 12.1. The third kappa shape index (κ3) is 4.49. The summed E-state index contributed by atoms with van der Waals surface area (Å²) in [5.74, 6) is 1.76. The highest BCUT2D eigenvalue weighted by molar-refractivity contribution is 7.14. The van der Waals surface area contributed by atoms with Crippen molar-refractivity contribution >= 4 is 22.4 Å². The average Bonchev–Trinajstić information content (AvgIpc) is 3.36. The number of methoxy groups -OCH3 is 2. The highest BCUT2D eigenvalue weighted by Gasteiger charge is 2.24. The molecule has 2 aromatic rings. The number of hydrogen-bond acceptors (Lipinski definition) is 6. The summed E-state index contributed by atoms with van der Waals surface area (Å²) >= 11 is 1.38. The summed E-state index contributed by atoms with van der Waals surface area (Å²) in [4.78, 5) is 16.6. The number of nitrogens with zero attached hydrogens (tertiary/aromatic N) is 1. The summed E-state index contributed by atoms with van der Waals surface area (Å²) in [6.45, 7) is 2.42. The molecule has 1 heterocycles. The van der Waals surface area contributed by atoms with Crippen LogP contribution in [-0.2, 0) is 9.53 Å². The SMILES string of the molecule is COc1ccc(-c2csc(NC(=O)C(C)OCC3CC3)n2)cc1OC. The highest BCUT2D eigenvalue weighted by Crippen LogP contribution is 2.33. The monoisotopic (exact) mass is 362 g/mol. The van der Waals surface area contributed by atoms with Gasteiger partial charge in [0.25, 0.3) is 5.91 Å². The van der Waals surface area contributed by atoms with Gasteiger partial charge in [-0.15, -0.1) is 11.3 Å². The Bertz CT molecular complexity index is 742. The second-order valence-electron chi connectivity index (χ2n) is 6.02. The first-order valence-corrected chi connectivity index (χ1v) is 9.09. The molecule has 1 aliphatic carbocycles. The van der Waals surface area contributed by atoms with E-state index in [2.05, 4.69) is 10.3 Å². The normalized spacial score (nSPS) is 14.8. The molecule has 7 heteroatoms. The van der Waals surface area contributed by atoms with Gasteiger partial charge in [-0.25, -0.2) is 4.98 Å². The van der Waals surface area contributed by atoms with Gasteiger partial charge >= 0.3 is 0 Å². The van der Waals surface area contributed by atoms with Crippen LogP contribution < -0.4 is 14.8 Å². The molecule has 1 unspecified atom stereocenters. The van der Waals surface area contributed by atoms with Crippen molar-refractivity contribution in [1.82, 2.24) is 4.98 Å². The lowest BCUT2D eigenvalue weighted by Gasteiger charge is -2.11. The summed E-state index contributed by atoms with van der Waals surface area (Å²) in [7, 11) is 3.19. The van der Waals surface area contributed by atoms with Gasteiger partial charge in [0.1, 0.15) is 6.10 Å². The number of carbonyl (C=O) groups is 1. The Kier molecular flexibility index (Phi) is 5.55. The first kappa shape index (κ1) is 17.7. The zero-order chi connectivity index (χ0) is 17.8. The second kappa shape index (κ2) is 7.84. The van der Waals surface area contributed by atoms with Gasteiger partial charge < -0.3 is 14.2 Å². The zero-order valence-electron chi connectivity index (χ0n) is 14.6. The number of thiazole rings is 1. The van der Waals surface area contributed by atoms with Crippen LogP contribution in [0.2, 0.25) is 0 Å². The molecule has 0 spiro atoms. The molecular formula is C18H22N2O4S. The largest absolute Gasteiger partial charge is 0.493 e. The molecule has 134 valence electrons. The van der Waals surface area contributed by atoms with Crippen molar-refractivity contribution in [3.05, 3.63) is 23.6 Å². The van der Waals surface area contributed by atoms with Crippen LogP contribution in [-0.4, -0.2) is 37.8 Å². The van der Waals surface area contributed by atoms with E-state index in [1.165, 1.54) is 24.2 Å². The van der Waals surface area contributed by atoms with Crippen molar-refractivity contribution in [1.29, 1.82) is 0 Å². The molecule has 0 saturated heterocycles. The maximum absolute atomic E-state index is 12.2. The molecular weight excluding hydrogens is 340 g/mol. The topological polar surface area (TPSA) is 69.7 Å². The van der Waals surface area contributed by atoms with Crippen molar-refractivity contribution in [3.8, 4) is 22.8 Å². The molecule has 0 aliphatic heterocycles. The fourth-order valence-corrected chi connectivity index (χ4v) is 3.03. The minimum Gasteiger partial charge on any atom is -0.493 e. The molecule has 0 radical (unpaired) electrons. The average molecular weight is 362 g/mol. The zero-order valence-corrected chi connectivity index (χ0v) is 15.4. The fraction of sp³-hybridized carbons (Fsp3) is 0.444. The van der Waals surface area contributed by atoms with Gasteiger partial charge in [-0.05, 0) is 43.9 Å². The standard InChI is InChI=1S/C18H22N2O4S/c1-11(24-9-12-4-5-12)17(21)20-18-19-14(10-25-18)13-6-7-15(22-2)16(8-13)23-3/h6-8,10-12H,4-5,9H2,1-3H3,(H,19,20,21). The third-order valence-corrected chi connectivity index (χ3v) is 4.82. The first-order valence-electron chi connectivity index (χ1n) is 8.21. The van der Waals surface area contributed by atoms with Crippen molar-refractivity contribution in [2.24, 2.45) is 5.92 Å². The van der Waals surface area contributed by atoms with Gasteiger partial charge in [0.15, 0.2) is 16.6 Å². The number of aromatic nitrogens is 1. The number of amides is 1. The van der Waals surface area contributed by atoms with E-state index in [0.717, 1.165) is 11.3 Å². The molecule has 1 fully saturated rings. The Hall–Kier alpha value is -2.12. The van der Waals surface area contributed by atoms with E-state index in [4.69, 9.17) is 14.2 Å². The van der Waals surface area contributed by atoms with Crippen LogP contribution in [0.3, 0.4) is 0 Å². The van der Waals surface area contributed by atoms with E-state index < -0.39 is 6.10 Å². The maximum atomic E-state index is 12.2. The molecule has 1 aliphatic rings. The van der Waals surface area contributed by atoms with Gasteiger partial charge in [-0.1, -0.05) is 0 Å².